The van der Waals surface area contributed by atoms with Crippen LogP contribution >= 0.6 is 0 Å². The van der Waals surface area contributed by atoms with Crippen molar-refractivity contribution >= 4 is 0 Å². The molecule has 16 heavy (non-hydrogen) atoms. The van der Waals surface area contributed by atoms with Crippen LogP contribution in [0.1, 0.15) is 71.4 Å². The minimum atomic E-state index is 0.919. The molecule has 0 bridgehead atoms. The second kappa shape index (κ2) is 16.6. The average molecular weight is 229 g/mol. The van der Waals surface area contributed by atoms with Crippen LogP contribution in [0.4, 0.5) is 0 Å². The minimum Gasteiger partial charge on any atom is -0.361 e. The van der Waals surface area contributed by atoms with Gasteiger partial charge in [-0.25, -0.2) is 0 Å². The van der Waals surface area contributed by atoms with E-state index in [0.29, 0.717) is 0 Å². The molecule has 2 nitrogen and oxygen atoms in total. The minimum absolute atomic E-state index is 0.919. The second-order valence-electron chi connectivity index (χ2n) is 2.95. The highest BCUT2D eigenvalue weighted by molar-refractivity contribution is 5.17. The van der Waals surface area contributed by atoms with Gasteiger partial charge in [0.05, 0.1) is 5.69 Å². The number of hydrogen-bond donors (Lipinski definition) is 0. The molecule has 0 saturated carbocycles. The Bertz CT molecular complexity index is 195. The van der Waals surface area contributed by atoms with Gasteiger partial charge >= 0.3 is 0 Å². The lowest BCUT2D eigenvalue weighted by Crippen LogP contribution is -1.73. The van der Waals surface area contributed by atoms with Gasteiger partial charge in [-0.3, -0.25) is 0 Å². The van der Waals surface area contributed by atoms with Crippen LogP contribution in [0, 0.1) is 20.8 Å². The zero-order valence-electron chi connectivity index (χ0n) is 12.8. The average Bonchev–Trinajstić information content (AvgIpc) is 2.66. The molecule has 0 unspecified atom stereocenters. The fourth-order valence-electron chi connectivity index (χ4n) is 0.529. The summed E-state index contributed by atoms with van der Waals surface area (Å²) in [6, 6.07) is 0. The van der Waals surface area contributed by atoms with E-state index in [4.69, 9.17) is 4.52 Å². The summed E-state index contributed by atoms with van der Waals surface area (Å²) in [5.41, 5.74) is 2.15. The van der Waals surface area contributed by atoms with Crippen molar-refractivity contribution in [3.63, 3.8) is 0 Å². The van der Waals surface area contributed by atoms with Gasteiger partial charge in [0.1, 0.15) is 5.76 Å². The van der Waals surface area contributed by atoms with E-state index in [1.165, 1.54) is 12.8 Å². The van der Waals surface area contributed by atoms with Gasteiger partial charge in [-0.2, -0.15) is 0 Å². The van der Waals surface area contributed by atoms with E-state index in [0.717, 1.165) is 17.0 Å². The molecule has 0 aromatic carbocycles. The smallest absolute Gasteiger partial charge is 0.136 e. The first-order valence-corrected chi connectivity index (χ1v) is 6.52. The first-order valence-electron chi connectivity index (χ1n) is 6.52. The monoisotopic (exact) mass is 229 g/mol. The molecule has 1 aromatic heterocycles. The van der Waals surface area contributed by atoms with Crippen molar-refractivity contribution < 1.29 is 4.52 Å². The Morgan fingerprint density at radius 3 is 1.31 bits per heavy atom. The molecule has 0 aliphatic rings. The quantitative estimate of drug-likeness (QED) is 0.639. The third kappa shape index (κ3) is 11.3. The van der Waals surface area contributed by atoms with Gasteiger partial charge in [-0.05, 0) is 20.8 Å². The van der Waals surface area contributed by atoms with Crippen molar-refractivity contribution in [3.05, 3.63) is 17.0 Å². The maximum Gasteiger partial charge on any atom is 0.136 e. The van der Waals surface area contributed by atoms with Gasteiger partial charge in [-0.1, -0.05) is 59.5 Å². The lowest BCUT2D eigenvalue weighted by Gasteiger charge is -1.80. The van der Waals surface area contributed by atoms with Gasteiger partial charge in [0.15, 0.2) is 0 Å². The highest BCUT2D eigenvalue weighted by Crippen LogP contribution is 2.08. The van der Waals surface area contributed by atoms with E-state index in [1.54, 1.807) is 0 Å². The topological polar surface area (TPSA) is 26.0 Å². The van der Waals surface area contributed by atoms with Crippen LogP contribution in [-0.4, -0.2) is 5.16 Å². The number of nitrogens with zero attached hydrogens (tertiary/aromatic N) is 1. The molecule has 0 aliphatic heterocycles. The van der Waals surface area contributed by atoms with Gasteiger partial charge in [0.25, 0.3) is 0 Å². The van der Waals surface area contributed by atoms with Crippen LogP contribution in [-0.2, 0) is 0 Å². The molecular weight excluding hydrogens is 198 g/mol. The summed E-state index contributed by atoms with van der Waals surface area (Å²) in [4.78, 5) is 0. The first-order chi connectivity index (χ1) is 7.63. The van der Waals surface area contributed by atoms with Crippen molar-refractivity contribution in [2.75, 3.05) is 0 Å². The zero-order valence-corrected chi connectivity index (χ0v) is 12.8. The number of hydrogen-bond acceptors (Lipinski definition) is 2. The summed E-state index contributed by atoms with van der Waals surface area (Å²) >= 11 is 0. The lowest BCUT2D eigenvalue weighted by molar-refractivity contribution is 0.392. The fourth-order valence-corrected chi connectivity index (χ4v) is 0.529. The molecular formula is C14H31NO. The number of aromatic nitrogens is 1. The maximum atomic E-state index is 4.84. The van der Waals surface area contributed by atoms with Crippen LogP contribution in [0.15, 0.2) is 4.52 Å². The summed E-state index contributed by atoms with van der Waals surface area (Å²) in [5.74, 6) is 0.919. The van der Waals surface area contributed by atoms with Crippen LogP contribution in [0.3, 0.4) is 0 Å². The number of unbranched alkanes of at least 4 members (excludes halogenated alkanes) is 1. The van der Waals surface area contributed by atoms with Gasteiger partial charge < -0.3 is 4.52 Å². The van der Waals surface area contributed by atoms with E-state index in [1.807, 2.05) is 48.5 Å². The summed E-state index contributed by atoms with van der Waals surface area (Å²) in [7, 11) is 0. The normalized spacial score (nSPS) is 7.56. The SMILES string of the molecule is CC.CC.CCCC.Cc1noc(C)c1C. The summed E-state index contributed by atoms with van der Waals surface area (Å²) in [5, 5.41) is 3.74. The predicted octanol–water partition coefficient (Wildman–Crippen LogP) is 5.46. The van der Waals surface area contributed by atoms with E-state index in [2.05, 4.69) is 19.0 Å². The van der Waals surface area contributed by atoms with Crippen molar-refractivity contribution in [1.29, 1.82) is 0 Å². The molecule has 0 radical (unpaired) electrons. The second-order valence-corrected chi connectivity index (χ2v) is 2.95. The Hall–Kier alpha value is -0.790. The van der Waals surface area contributed by atoms with Crippen molar-refractivity contribution in [2.24, 2.45) is 0 Å². The van der Waals surface area contributed by atoms with E-state index in [-0.39, 0.29) is 0 Å². The Labute approximate surface area is 102 Å². The number of rotatable bonds is 1. The van der Waals surface area contributed by atoms with Crippen LogP contribution in [0.2, 0.25) is 0 Å². The molecule has 1 aromatic rings. The molecule has 98 valence electrons. The largest absolute Gasteiger partial charge is 0.361 e. The Morgan fingerprint density at radius 1 is 0.875 bits per heavy atom. The van der Waals surface area contributed by atoms with E-state index < -0.39 is 0 Å². The molecule has 0 spiro atoms. The highest BCUT2D eigenvalue weighted by atomic mass is 16.5. The summed E-state index contributed by atoms with van der Waals surface area (Å²) < 4.78 is 4.84. The predicted molar refractivity (Wildman–Crippen MR) is 74.0 cm³/mol. The molecule has 0 saturated heterocycles. The van der Waals surface area contributed by atoms with E-state index in [9.17, 15) is 0 Å². The highest BCUT2D eigenvalue weighted by Gasteiger charge is 1.99. The fraction of sp³-hybridized carbons (Fsp3) is 0.786. The molecule has 0 amide bonds. The zero-order chi connectivity index (χ0) is 13.6. The molecule has 2 heteroatoms. The van der Waals surface area contributed by atoms with Crippen molar-refractivity contribution in [2.45, 2.75) is 75.2 Å². The standard InChI is InChI=1S/C6H9NO.C4H10.2C2H6/c1-4-5(2)7-8-6(4)3;1-3-4-2;2*1-2/h1-3H3;3-4H2,1-2H3;2*1-2H3. The first kappa shape index (κ1) is 20.6. The maximum absolute atomic E-state index is 4.84. The Morgan fingerprint density at radius 2 is 1.25 bits per heavy atom. The molecule has 0 fully saturated rings. The van der Waals surface area contributed by atoms with E-state index >= 15 is 0 Å². The van der Waals surface area contributed by atoms with Crippen LogP contribution in [0.25, 0.3) is 0 Å². The lowest BCUT2D eigenvalue weighted by atomic mass is 10.2. The summed E-state index contributed by atoms with van der Waals surface area (Å²) in [6.07, 6.45) is 2.64. The molecule has 0 atom stereocenters. The van der Waals surface area contributed by atoms with Crippen LogP contribution < -0.4 is 0 Å². The summed E-state index contributed by atoms with van der Waals surface area (Å²) in [6.45, 7) is 18.2. The van der Waals surface area contributed by atoms with Crippen molar-refractivity contribution in [3.8, 4) is 0 Å². The van der Waals surface area contributed by atoms with Crippen LogP contribution in [0.5, 0.6) is 0 Å². The molecule has 0 aliphatic carbocycles. The molecule has 0 N–H and O–H groups in total. The number of aryl methyl sites for hydroxylation is 2. The van der Waals surface area contributed by atoms with Crippen molar-refractivity contribution in [1.82, 2.24) is 5.16 Å². The third-order valence-electron chi connectivity index (χ3n) is 1.89. The molecule has 1 heterocycles. The van der Waals surface area contributed by atoms with Gasteiger partial charge in [0.2, 0.25) is 0 Å². The molecule has 1 rings (SSSR count). The van der Waals surface area contributed by atoms with Gasteiger partial charge in [0, 0.05) is 5.56 Å². The van der Waals surface area contributed by atoms with Gasteiger partial charge in [-0.15, -0.1) is 0 Å². The Balaban J connectivity index is -0.000000181. The third-order valence-corrected chi connectivity index (χ3v) is 1.89. The Kier molecular flexibility index (Phi) is 21.4.